The lowest BCUT2D eigenvalue weighted by Gasteiger charge is -2.20. The van der Waals surface area contributed by atoms with Crippen LogP contribution in [-0.2, 0) is 22.4 Å². The van der Waals surface area contributed by atoms with Gasteiger partial charge >= 0.3 is 11.6 Å². The van der Waals surface area contributed by atoms with Gasteiger partial charge in [0.05, 0.1) is 5.39 Å². The van der Waals surface area contributed by atoms with E-state index in [0.717, 1.165) is 29.4 Å². The minimum Gasteiger partial charge on any atom is -0.480 e. The van der Waals surface area contributed by atoms with Gasteiger partial charge in [-0.2, -0.15) is 0 Å². The van der Waals surface area contributed by atoms with Crippen LogP contribution in [0, 0.1) is 6.92 Å². The third-order valence-corrected chi connectivity index (χ3v) is 5.04. The molecule has 1 aliphatic carbocycles. The van der Waals surface area contributed by atoms with Crippen molar-refractivity contribution in [3.8, 4) is 5.75 Å². The van der Waals surface area contributed by atoms with Crippen molar-refractivity contribution in [1.29, 1.82) is 0 Å². The Labute approximate surface area is 162 Å². The van der Waals surface area contributed by atoms with Crippen LogP contribution in [0.2, 0.25) is 0 Å². The molecule has 7 heteroatoms. The molecular formula is C21H25NO6. The van der Waals surface area contributed by atoms with E-state index >= 15 is 0 Å². The third kappa shape index (κ3) is 3.88. The maximum absolute atomic E-state index is 12.5. The van der Waals surface area contributed by atoms with Gasteiger partial charge in [-0.25, -0.2) is 9.59 Å². The third-order valence-electron chi connectivity index (χ3n) is 5.04. The Kier molecular flexibility index (Phi) is 5.72. The van der Waals surface area contributed by atoms with Crippen LogP contribution in [0.25, 0.3) is 11.0 Å². The lowest BCUT2D eigenvalue weighted by atomic mass is 10.0. The number of nitrogens with one attached hydrogen (secondary N) is 1. The van der Waals surface area contributed by atoms with Gasteiger partial charge < -0.3 is 19.6 Å². The molecule has 2 aromatic rings. The molecule has 1 aromatic carbocycles. The van der Waals surface area contributed by atoms with E-state index in [9.17, 15) is 19.5 Å². The molecule has 0 radical (unpaired) electrons. The van der Waals surface area contributed by atoms with Gasteiger partial charge in [0.1, 0.15) is 17.4 Å². The van der Waals surface area contributed by atoms with E-state index < -0.39 is 24.0 Å². The van der Waals surface area contributed by atoms with Crippen LogP contribution in [-0.4, -0.2) is 29.1 Å². The minimum atomic E-state index is -1.07. The van der Waals surface area contributed by atoms with Crippen molar-refractivity contribution in [3.05, 3.63) is 39.2 Å². The number of carbonyl (C=O) groups is 2. The number of aryl methyl sites for hydroxylation is 2. The van der Waals surface area contributed by atoms with Crippen molar-refractivity contribution in [2.45, 2.75) is 65.0 Å². The molecule has 0 bridgehead atoms. The lowest BCUT2D eigenvalue weighted by molar-refractivity contribution is -0.143. The van der Waals surface area contributed by atoms with Crippen LogP contribution in [0.4, 0.5) is 0 Å². The molecule has 1 amide bonds. The molecule has 2 atom stereocenters. The fraction of sp³-hybridized carbons (Fsp3) is 0.476. The molecule has 1 heterocycles. The number of ether oxygens (including phenoxy) is 1. The number of carbonyl (C=O) groups excluding carboxylic acids is 1. The van der Waals surface area contributed by atoms with Crippen molar-refractivity contribution in [1.82, 2.24) is 5.32 Å². The Morgan fingerprint density at radius 2 is 2.00 bits per heavy atom. The first kappa shape index (κ1) is 19.9. The summed E-state index contributed by atoms with van der Waals surface area (Å²) in [5.74, 6) is -1.09. The van der Waals surface area contributed by atoms with Gasteiger partial charge in [-0.05, 0) is 62.8 Å². The van der Waals surface area contributed by atoms with E-state index in [0.29, 0.717) is 36.2 Å². The van der Waals surface area contributed by atoms with Crippen molar-refractivity contribution in [2.75, 3.05) is 0 Å². The molecule has 7 nitrogen and oxygen atoms in total. The predicted octanol–water partition coefficient (Wildman–Crippen LogP) is 2.73. The SMILES string of the molecule is CCC[C@@H](NC(=O)[C@@H](C)Oc1cc(C)cc2oc(=O)c3c(c12)CCC3)C(=O)O. The molecule has 3 rings (SSSR count). The average Bonchev–Trinajstić information content (AvgIpc) is 3.10. The molecule has 0 saturated heterocycles. The number of rotatable bonds is 7. The molecule has 2 N–H and O–H groups in total. The van der Waals surface area contributed by atoms with Crippen LogP contribution in [0.3, 0.4) is 0 Å². The van der Waals surface area contributed by atoms with Gasteiger partial charge in [0.25, 0.3) is 5.91 Å². The fourth-order valence-electron chi connectivity index (χ4n) is 3.68. The summed E-state index contributed by atoms with van der Waals surface area (Å²) in [6, 6.07) is 2.65. The molecule has 0 unspecified atom stereocenters. The zero-order chi connectivity index (χ0) is 20.4. The smallest absolute Gasteiger partial charge is 0.339 e. The quantitative estimate of drug-likeness (QED) is 0.708. The number of carboxylic acid groups (broad SMARTS) is 1. The van der Waals surface area contributed by atoms with Crippen LogP contribution >= 0.6 is 0 Å². The fourth-order valence-corrected chi connectivity index (χ4v) is 3.68. The summed E-state index contributed by atoms with van der Waals surface area (Å²) in [4.78, 5) is 36.0. The number of hydrogen-bond donors (Lipinski definition) is 2. The monoisotopic (exact) mass is 387 g/mol. The predicted molar refractivity (Wildman–Crippen MR) is 104 cm³/mol. The topological polar surface area (TPSA) is 106 Å². The number of fused-ring (bicyclic) bond motifs is 3. The van der Waals surface area contributed by atoms with Gasteiger partial charge in [0, 0.05) is 5.56 Å². The van der Waals surface area contributed by atoms with E-state index in [1.807, 2.05) is 19.9 Å². The zero-order valence-corrected chi connectivity index (χ0v) is 16.3. The molecule has 0 spiro atoms. The highest BCUT2D eigenvalue weighted by atomic mass is 16.5. The molecular weight excluding hydrogens is 362 g/mol. The number of carboxylic acids is 1. The van der Waals surface area contributed by atoms with Crippen molar-refractivity contribution in [2.24, 2.45) is 0 Å². The number of aliphatic carboxylic acids is 1. The first-order valence-electron chi connectivity index (χ1n) is 9.60. The number of amides is 1. The van der Waals surface area contributed by atoms with Crippen molar-refractivity contribution < 1.29 is 23.8 Å². The standard InChI is InChI=1S/C21H25NO6/c1-4-6-15(20(24)25)22-19(23)12(3)27-16-9-11(2)10-17-18(16)13-7-5-8-14(13)21(26)28-17/h9-10,12,15H,4-8H2,1-3H3,(H,22,23)(H,24,25)/t12-,15-/m1/s1. The largest absolute Gasteiger partial charge is 0.480 e. The van der Waals surface area contributed by atoms with Crippen LogP contribution in [0.5, 0.6) is 5.75 Å². The minimum absolute atomic E-state index is 0.314. The molecule has 28 heavy (non-hydrogen) atoms. The maximum Gasteiger partial charge on any atom is 0.339 e. The normalized spacial score (nSPS) is 15.1. The molecule has 150 valence electrons. The van der Waals surface area contributed by atoms with Gasteiger partial charge in [0.15, 0.2) is 6.10 Å². The van der Waals surface area contributed by atoms with E-state index in [4.69, 9.17) is 9.15 Å². The second-order valence-corrected chi connectivity index (χ2v) is 7.28. The lowest BCUT2D eigenvalue weighted by Crippen LogP contribution is -2.46. The molecule has 0 fully saturated rings. The van der Waals surface area contributed by atoms with Gasteiger partial charge in [-0.1, -0.05) is 13.3 Å². The molecule has 1 aromatic heterocycles. The summed E-state index contributed by atoms with van der Waals surface area (Å²) < 4.78 is 11.4. The summed E-state index contributed by atoms with van der Waals surface area (Å²) in [6.45, 7) is 5.29. The summed E-state index contributed by atoms with van der Waals surface area (Å²) >= 11 is 0. The summed E-state index contributed by atoms with van der Waals surface area (Å²) in [7, 11) is 0. The Balaban J connectivity index is 1.91. The van der Waals surface area contributed by atoms with Gasteiger partial charge in [0.2, 0.25) is 0 Å². The van der Waals surface area contributed by atoms with Crippen LogP contribution in [0.15, 0.2) is 21.3 Å². The van der Waals surface area contributed by atoms with Crippen LogP contribution < -0.4 is 15.7 Å². The summed E-state index contributed by atoms with van der Waals surface area (Å²) in [5, 5.41) is 12.5. The Morgan fingerprint density at radius 1 is 1.29 bits per heavy atom. The zero-order valence-electron chi connectivity index (χ0n) is 16.3. The molecule has 0 aliphatic heterocycles. The Hall–Kier alpha value is -2.83. The first-order chi connectivity index (χ1) is 13.3. The van der Waals surface area contributed by atoms with E-state index in [1.54, 1.807) is 13.0 Å². The van der Waals surface area contributed by atoms with Gasteiger partial charge in [-0.15, -0.1) is 0 Å². The highest BCUT2D eigenvalue weighted by Crippen LogP contribution is 2.35. The highest BCUT2D eigenvalue weighted by molar-refractivity contribution is 5.90. The van der Waals surface area contributed by atoms with E-state index in [2.05, 4.69) is 5.32 Å². The summed E-state index contributed by atoms with van der Waals surface area (Å²) in [5.41, 5.74) is 2.56. The van der Waals surface area contributed by atoms with Crippen molar-refractivity contribution in [3.63, 3.8) is 0 Å². The van der Waals surface area contributed by atoms with Crippen molar-refractivity contribution >= 4 is 22.8 Å². The second kappa shape index (κ2) is 8.04. The first-order valence-corrected chi connectivity index (χ1v) is 9.60. The van der Waals surface area contributed by atoms with E-state index in [-0.39, 0.29) is 5.63 Å². The highest BCUT2D eigenvalue weighted by Gasteiger charge is 2.26. The maximum atomic E-state index is 12.5. The van der Waals surface area contributed by atoms with Gasteiger partial charge in [-0.3, -0.25) is 4.79 Å². The molecule has 0 saturated carbocycles. The molecule has 1 aliphatic rings. The Bertz CT molecular complexity index is 977. The average molecular weight is 387 g/mol. The summed E-state index contributed by atoms with van der Waals surface area (Å²) in [6.07, 6.45) is 2.40. The Morgan fingerprint density at radius 3 is 2.68 bits per heavy atom. The number of benzene rings is 1. The number of hydrogen-bond acceptors (Lipinski definition) is 5. The van der Waals surface area contributed by atoms with E-state index in [1.165, 1.54) is 0 Å². The van der Waals surface area contributed by atoms with Crippen LogP contribution in [0.1, 0.15) is 49.8 Å². The second-order valence-electron chi connectivity index (χ2n) is 7.28.